The molecule has 0 radical (unpaired) electrons. The van der Waals surface area contributed by atoms with Crippen molar-refractivity contribution < 1.29 is 0 Å². The molecule has 1 unspecified atom stereocenters. The summed E-state index contributed by atoms with van der Waals surface area (Å²) in [6, 6.07) is 20.1. The number of hydrogen-bond acceptors (Lipinski definition) is 1. The van der Waals surface area contributed by atoms with E-state index in [-0.39, 0.29) is 0 Å². The van der Waals surface area contributed by atoms with Crippen molar-refractivity contribution in [1.82, 2.24) is 5.32 Å². The zero-order chi connectivity index (χ0) is 13.5. The molecular formula is C18H23N. The largest absolute Gasteiger partial charge is 0.313 e. The Kier molecular flexibility index (Phi) is 5.17. The van der Waals surface area contributed by atoms with Crippen LogP contribution in [0.2, 0.25) is 0 Å². The normalized spacial score (nSPS) is 12.3. The van der Waals surface area contributed by atoms with Crippen LogP contribution in [0.25, 0.3) is 0 Å². The van der Waals surface area contributed by atoms with Crippen LogP contribution < -0.4 is 5.32 Å². The van der Waals surface area contributed by atoms with Crippen LogP contribution in [0, 0.1) is 0 Å². The van der Waals surface area contributed by atoms with E-state index in [4.69, 9.17) is 0 Å². The van der Waals surface area contributed by atoms with Gasteiger partial charge < -0.3 is 5.32 Å². The van der Waals surface area contributed by atoms with Crippen LogP contribution in [0.5, 0.6) is 0 Å². The monoisotopic (exact) mass is 253 g/mol. The third-order valence-electron chi connectivity index (χ3n) is 3.56. The number of nitrogens with one attached hydrogen (secondary N) is 1. The molecule has 0 bridgehead atoms. The minimum absolute atomic E-state index is 0.482. The second kappa shape index (κ2) is 7.10. The molecule has 0 aliphatic rings. The lowest BCUT2D eigenvalue weighted by molar-refractivity contribution is 0.541. The summed E-state index contributed by atoms with van der Waals surface area (Å²) in [6.07, 6.45) is 3.41. The zero-order valence-corrected chi connectivity index (χ0v) is 11.9. The third-order valence-corrected chi connectivity index (χ3v) is 3.56. The van der Waals surface area contributed by atoms with Gasteiger partial charge in [-0.2, -0.15) is 0 Å². The van der Waals surface area contributed by atoms with Gasteiger partial charge in [-0.15, -0.1) is 0 Å². The molecular weight excluding hydrogens is 230 g/mol. The molecule has 0 aliphatic heterocycles. The molecule has 1 atom stereocenters. The molecule has 0 aromatic heterocycles. The first-order chi connectivity index (χ1) is 9.33. The van der Waals surface area contributed by atoms with E-state index in [0.717, 1.165) is 6.42 Å². The fraction of sp³-hybridized carbons (Fsp3) is 0.333. The molecule has 0 aliphatic carbocycles. The smallest absolute Gasteiger partial charge is 0.0317 e. The van der Waals surface area contributed by atoms with Gasteiger partial charge in [0.15, 0.2) is 0 Å². The van der Waals surface area contributed by atoms with Gasteiger partial charge in [-0.25, -0.2) is 0 Å². The van der Waals surface area contributed by atoms with Crippen molar-refractivity contribution in [2.45, 2.75) is 32.2 Å². The van der Waals surface area contributed by atoms with Gasteiger partial charge in [-0.1, -0.05) is 67.9 Å². The maximum Gasteiger partial charge on any atom is 0.0317 e. The van der Waals surface area contributed by atoms with Crippen LogP contribution in [-0.2, 0) is 6.42 Å². The summed E-state index contributed by atoms with van der Waals surface area (Å²) in [5, 5.41) is 3.39. The number of rotatable bonds is 6. The Morgan fingerprint density at radius 3 is 2.11 bits per heavy atom. The molecule has 1 heteroatoms. The molecule has 19 heavy (non-hydrogen) atoms. The van der Waals surface area contributed by atoms with E-state index in [1.807, 2.05) is 7.05 Å². The Hall–Kier alpha value is -1.60. The van der Waals surface area contributed by atoms with Crippen LogP contribution in [-0.4, -0.2) is 7.05 Å². The van der Waals surface area contributed by atoms with Gasteiger partial charge >= 0.3 is 0 Å². The average Bonchev–Trinajstić information content (AvgIpc) is 2.47. The first-order valence-electron chi connectivity index (χ1n) is 7.13. The minimum Gasteiger partial charge on any atom is -0.313 e. The molecule has 1 nitrogen and oxygen atoms in total. The summed E-state index contributed by atoms with van der Waals surface area (Å²) >= 11 is 0. The van der Waals surface area contributed by atoms with Crippen LogP contribution >= 0.6 is 0 Å². The minimum atomic E-state index is 0.482. The van der Waals surface area contributed by atoms with E-state index in [1.54, 1.807) is 0 Å². The predicted molar refractivity (Wildman–Crippen MR) is 82.4 cm³/mol. The van der Waals surface area contributed by atoms with Crippen molar-refractivity contribution in [3.63, 3.8) is 0 Å². The maximum absolute atomic E-state index is 3.39. The van der Waals surface area contributed by atoms with Crippen LogP contribution in [0.4, 0.5) is 0 Å². The summed E-state index contributed by atoms with van der Waals surface area (Å²) in [5.74, 6) is 0. The first kappa shape index (κ1) is 13.8. The fourth-order valence-corrected chi connectivity index (χ4v) is 2.47. The highest BCUT2D eigenvalue weighted by molar-refractivity contribution is 5.29. The van der Waals surface area contributed by atoms with E-state index < -0.39 is 0 Å². The van der Waals surface area contributed by atoms with Gasteiger partial charge in [0.1, 0.15) is 0 Å². The summed E-state index contributed by atoms with van der Waals surface area (Å²) in [6.45, 7) is 2.23. The fourth-order valence-electron chi connectivity index (χ4n) is 2.47. The molecule has 1 N–H and O–H groups in total. The van der Waals surface area contributed by atoms with Gasteiger partial charge in [0.25, 0.3) is 0 Å². The summed E-state index contributed by atoms with van der Waals surface area (Å²) in [5.41, 5.74) is 4.14. The quantitative estimate of drug-likeness (QED) is 0.807. The lowest BCUT2D eigenvalue weighted by Crippen LogP contribution is -2.15. The summed E-state index contributed by atoms with van der Waals surface area (Å²) < 4.78 is 0. The summed E-state index contributed by atoms with van der Waals surface area (Å²) in [4.78, 5) is 0. The highest BCUT2D eigenvalue weighted by atomic mass is 14.9. The maximum atomic E-state index is 3.39. The standard InChI is InChI=1S/C18H23N/c1-3-7-18(19-2)17-12-10-16(11-13-17)14-15-8-5-4-6-9-15/h4-6,8-13,18-19H,3,7,14H2,1-2H3. The Morgan fingerprint density at radius 2 is 1.53 bits per heavy atom. The average molecular weight is 253 g/mol. The molecule has 0 spiro atoms. The van der Waals surface area contributed by atoms with Gasteiger partial charge in [-0.05, 0) is 36.6 Å². The Labute approximate surface area is 116 Å². The SMILES string of the molecule is CCCC(NC)c1ccc(Cc2ccccc2)cc1. The van der Waals surface area contributed by atoms with Crippen molar-refractivity contribution in [1.29, 1.82) is 0 Å². The van der Waals surface area contributed by atoms with Crippen LogP contribution in [0.15, 0.2) is 54.6 Å². The van der Waals surface area contributed by atoms with Crippen molar-refractivity contribution in [2.75, 3.05) is 7.05 Å². The Balaban J connectivity index is 2.06. The van der Waals surface area contributed by atoms with E-state index in [0.29, 0.717) is 6.04 Å². The zero-order valence-electron chi connectivity index (χ0n) is 11.9. The molecule has 0 saturated carbocycles. The molecule has 0 heterocycles. The first-order valence-corrected chi connectivity index (χ1v) is 7.13. The second-order valence-electron chi connectivity index (χ2n) is 5.03. The van der Waals surface area contributed by atoms with Gasteiger partial charge in [0, 0.05) is 6.04 Å². The van der Waals surface area contributed by atoms with E-state index in [9.17, 15) is 0 Å². The van der Waals surface area contributed by atoms with Gasteiger partial charge in [0.05, 0.1) is 0 Å². The molecule has 100 valence electrons. The molecule has 0 amide bonds. The topological polar surface area (TPSA) is 12.0 Å². The lowest BCUT2D eigenvalue weighted by atomic mass is 9.98. The summed E-state index contributed by atoms with van der Waals surface area (Å²) in [7, 11) is 2.04. The van der Waals surface area contributed by atoms with Crippen molar-refractivity contribution in [3.8, 4) is 0 Å². The highest BCUT2D eigenvalue weighted by Gasteiger charge is 2.07. The Morgan fingerprint density at radius 1 is 0.895 bits per heavy atom. The van der Waals surface area contributed by atoms with Crippen molar-refractivity contribution >= 4 is 0 Å². The van der Waals surface area contributed by atoms with Gasteiger partial charge in [-0.3, -0.25) is 0 Å². The van der Waals surface area contributed by atoms with Crippen molar-refractivity contribution in [2.24, 2.45) is 0 Å². The third kappa shape index (κ3) is 3.93. The van der Waals surface area contributed by atoms with Crippen LogP contribution in [0.3, 0.4) is 0 Å². The van der Waals surface area contributed by atoms with E-state index >= 15 is 0 Å². The lowest BCUT2D eigenvalue weighted by Gasteiger charge is -2.16. The van der Waals surface area contributed by atoms with Crippen LogP contribution in [0.1, 0.15) is 42.5 Å². The molecule has 2 aromatic rings. The van der Waals surface area contributed by atoms with Crippen molar-refractivity contribution in [3.05, 3.63) is 71.3 Å². The molecule has 2 aromatic carbocycles. The molecule has 0 saturated heterocycles. The van der Waals surface area contributed by atoms with Gasteiger partial charge in [0.2, 0.25) is 0 Å². The predicted octanol–water partition coefficient (Wildman–Crippen LogP) is 4.34. The molecule has 0 fully saturated rings. The number of hydrogen-bond donors (Lipinski definition) is 1. The number of benzene rings is 2. The van der Waals surface area contributed by atoms with E-state index in [2.05, 4.69) is 66.8 Å². The van der Waals surface area contributed by atoms with E-state index in [1.165, 1.54) is 29.5 Å². The molecule has 2 rings (SSSR count). The second-order valence-corrected chi connectivity index (χ2v) is 5.03. The Bertz CT molecular complexity index is 473. The highest BCUT2D eigenvalue weighted by Crippen LogP contribution is 2.19.